The van der Waals surface area contributed by atoms with E-state index in [9.17, 15) is 17.6 Å². The molecule has 8 heteroatoms. The first kappa shape index (κ1) is 15.9. The minimum Gasteiger partial charge on any atom is -0.383 e. The van der Waals surface area contributed by atoms with E-state index in [-0.39, 0.29) is 11.6 Å². The first-order valence-corrected chi connectivity index (χ1v) is 7.60. The van der Waals surface area contributed by atoms with Gasteiger partial charge in [0.1, 0.15) is 10.7 Å². The molecule has 1 aromatic carbocycles. The number of carbonyl (C=O) groups excluding carboxylic acids is 1. The number of methoxy groups -OCH3 is 1. The summed E-state index contributed by atoms with van der Waals surface area (Å²) in [7, 11) is 2.33. The molecule has 0 saturated heterocycles. The van der Waals surface area contributed by atoms with E-state index >= 15 is 0 Å². The van der Waals surface area contributed by atoms with Gasteiger partial charge < -0.3 is 10.1 Å². The number of amides is 1. The van der Waals surface area contributed by atoms with Gasteiger partial charge in [-0.25, -0.2) is 12.8 Å². The highest BCUT2D eigenvalue weighted by molar-refractivity contribution is 8.13. The van der Waals surface area contributed by atoms with Crippen LogP contribution in [0.5, 0.6) is 0 Å². The van der Waals surface area contributed by atoms with Gasteiger partial charge in [-0.2, -0.15) is 0 Å². The third-order valence-corrected chi connectivity index (χ3v) is 3.59. The topological polar surface area (TPSA) is 72.5 Å². The van der Waals surface area contributed by atoms with Gasteiger partial charge in [0.05, 0.1) is 6.61 Å². The molecule has 19 heavy (non-hydrogen) atoms. The van der Waals surface area contributed by atoms with Crippen molar-refractivity contribution in [2.24, 2.45) is 0 Å². The summed E-state index contributed by atoms with van der Waals surface area (Å²) >= 11 is 0. The zero-order valence-corrected chi connectivity index (χ0v) is 11.9. The number of benzene rings is 1. The lowest BCUT2D eigenvalue weighted by Gasteiger charge is -2.13. The molecule has 1 N–H and O–H groups in total. The Labute approximate surface area is 115 Å². The van der Waals surface area contributed by atoms with E-state index in [1.807, 2.05) is 0 Å². The van der Waals surface area contributed by atoms with Crippen LogP contribution in [-0.2, 0) is 13.8 Å². The Morgan fingerprint density at radius 2 is 2.16 bits per heavy atom. The van der Waals surface area contributed by atoms with Gasteiger partial charge in [0.25, 0.3) is 15.0 Å². The molecule has 0 spiro atoms. The van der Waals surface area contributed by atoms with Gasteiger partial charge in [-0.05, 0) is 25.1 Å². The van der Waals surface area contributed by atoms with Crippen LogP contribution < -0.4 is 5.32 Å². The van der Waals surface area contributed by atoms with Crippen molar-refractivity contribution in [2.75, 3.05) is 13.7 Å². The monoisotopic (exact) mass is 309 g/mol. The maximum absolute atomic E-state index is 13.3. The van der Waals surface area contributed by atoms with Crippen molar-refractivity contribution in [3.63, 3.8) is 0 Å². The smallest absolute Gasteiger partial charge is 0.264 e. The molecule has 1 aromatic rings. The molecule has 0 aliphatic rings. The summed E-state index contributed by atoms with van der Waals surface area (Å²) in [5.74, 6) is -1.54. The van der Waals surface area contributed by atoms with Crippen LogP contribution in [0.1, 0.15) is 17.3 Å². The summed E-state index contributed by atoms with van der Waals surface area (Å²) in [5, 5.41) is 2.57. The number of hydrogen-bond donors (Lipinski definition) is 1. The SMILES string of the molecule is COCC(C)NC(=O)c1ccc(F)c(S(=O)(=O)Cl)c1. The zero-order valence-electron chi connectivity index (χ0n) is 10.3. The van der Waals surface area contributed by atoms with Crippen LogP contribution in [-0.4, -0.2) is 34.1 Å². The molecule has 1 unspecified atom stereocenters. The van der Waals surface area contributed by atoms with Crippen molar-refractivity contribution >= 4 is 25.6 Å². The first-order chi connectivity index (χ1) is 8.75. The van der Waals surface area contributed by atoms with Gasteiger partial charge >= 0.3 is 0 Å². The fourth-order valence-electron chi connectivity index (χ4n) is 1.43. The molecular weight excluding hydrogens is 297 g/mol. The molecule has 1 amide bonds. The molecular formula is C11H13ClFNO4S. The van der Waals surface area contributed by atoms with E-state index in [2.05, 4.69) is 5.32 Å². The van der Waals surface area contributed by atoms with Gasteiger partial charge in [-0.15, -0.1) is 0 Å². The maximum atomic E-state index is 13.3. The normalized spacial score (nSPS) is 13.1. The molecule has 1 atom stereocenters. The van der Waals surface area contributed by atoms with Crippen LogP contribution in [0.3, 0.4) is 0 Å². The van der Waals surface area contributed by atoms with Gasteiger partial charge in [0.2, 0.25) is 0 Å². The number of carbonyl (C=O) groups is 1. The zero-order chi connectivity index (χ0) is 14.6. The third kappa shape index (κ3) is 4.45. The number of hydrogen-bond acceptors (Lipinski definition) is 4. The highest BCUT2D eigenvalue weighted by Crippen LogP contribution is 2.20. The van der Waals surface area contributed by atoms with Gasteiger partial charge in [-0.3, -0.25) is 4.79 Å². The van der Waals surface area contributed by atoms with E-state index in [0.717, 1.165) is 12.1 Å². The number of rotatable bonds is 5. The minimum atomic E-state index is -4.24. The Hall–Kier alpha value is -1.18. The fraction of sp³-hybridized carbons (Fsp3) is 0.364. The second kappa shape index (κ2) is 6.31. The van der Waals surface area contributed by atoms with Crippen LogP contribution in [0.2, 0.25) is 0 Å². The number of halogens is 2. The molecule has 5 nitrogen and oxygen atoms in total. The van der Waals surface area contributed by atoms with Crippen molar-refractivity contribution in [3.8, 4) is 0 Å². The summed E-state index contributed by atoms with van der Waals surface area (Å²) in [6.07, 6.45) is 0. The molecule has 0 bridgehead atoms. The van der Waals surface area contributed by atoms with Crippen molar-refractivity contribution in [2.45, 2.75) is 17.9 Å². The van der Waals surface area contributed by atoms with Crippen LogP contribution in [0.25, 0.3) is 0 Å². The van der Waals surface area contributed by atoms with Crippen LogP contribution in [0, 0.1) is 5.82 Å². The average Bonchev–Trinajstić information content (AvgIpc) is 2.27. The molecule has 106 valence electrons. The molecule has 1 rings (SSSR count). The lowest BCUT2D eigenvalue weighted by Crippen LogP contribution is -2.35. The lowest BCUT2D eigenvalue weighted by atomic mass is 10.2. The van der Waals surface area contributed by atoms with Crippen molar-refractivity contribution in [1.82, 2.24) is 5.32 Å². The van der Waals surface area contributed by atoms with Crippen molar-refractivity contribution in [3.05, 3.63) is 29.6 Å². The Balaban J connectivity index is 3.00. The molecule has 0 aliphatic carbocycles. The Morgan fingerprint density at radius 1 is 1.53 bits per heavy atom. The lowest BCUT2D eigenvalue weighted by molar-refractivity contribution is 0.0905. The van der Waals surface area contributed by atoms with E-state index in [0.29, 0.717) is 6.61 Å². The Kier molecular flexibility index (Phi) is 5.28. The van der Waals surface area contributed by atoms with E-state index < -0.39 is 25.7 Å². The van der Waals surface area contributed by atoms with Crippen LogP contribution in [0.4, 0.5) is 4.39 Å². The summed E-state index contributed by atoms with van der Waals surface area (Å²) in [6, 6.07) is 2.69. The Morgan fingerprint density at radius 3 is 2.68 bits per heavy atom. The van der Waals surface area contributed by atoms with Crippen LogP contribution in [0.15, 0.2) is 23.1 Å². The predicted molar refractivity (Wildman–Crippen MR) is 68.2 cm³/mol. The summed E-state index contributed by atoms with van der Waals surface area (Å²) in [4.78, 5) is 11.1. The molecule has 0 aliphatic heterocycles. The van der Waals surface area contributed by atoms with Gasteiger partial charge in [-0.1, -0.05) is 0 Å². The average molecular weight is 310 g/mol. The van der Waals surface area contributed by atoms with E-state index in [1.165, 1.54) is 13.2 Å². The van der Waals surface area contributed by atoms with Crippen molar-refractivity contribution in [1.29, 1.82) is 0 Å². The number of nitrogens with one attached hydrogen (secondary N) is 1. The highest BCUT2D eigenvalue weighted by atomic mass is 35.7. The quantitative estimate of drug-likeness (QED) is 0.837. The summed E-state index contributed by atoms with van der Waals surface area (Å²) in [5.41, 5.74) is 0.00331. The fourth-order valence-corrected chi connectivity index (χ4v) is 2.35. The molecule has 0 aromatic heterocycles. The van der Waals surface area contributed by atoms with Gasteiger partial charge in [0.15, 0.2) is 0 Å². The molecule has 0 radical (unpaired) electrons. The second-order valence-electron chi connectivity index (χ2n) is 3.91. The predicted octanol–water partition coefficient (Wildman–Crippen LogP) is 1.52. The molecule has 0 saturated carbocycles. The Bertz CT molecular complexity index is 576. The number of ether oxygens (including phenoxy) is 1. The van der Waals surface area contributed by atoms with E-state index in [4.69, 9.17) is 15.4 Å². The van der Waals surface area contributed by atoms with E-state index in [1.54, 1.807) is 6.92 Å². The second-order valence-corrected chi connectivity index (χ2v) is 6.45. The summed E-state index contributed by atoms with van der Waals surface area (Å²) in [6.45, 7) is 2.01. The standard InChI is InChI=1S/C11H13ClFNO4S/c1-7(6-18-2)14-11(15)8-3-4-9(13)10(5-8)19(12,16)17/h3-5,7H,6H2,1-2H3,(H,14,15). The minimum absolute atomic E-state index is 0.00331. The van der Waals surface area contributed by atoms with Gasteiger partial charge in [0, 0.05) is 29.4 Å². The third-order valence-electron chi connectivity index (χ3n) is 2.25. The van der Waals surface area contributed by atoms with Crippen LogP contribution >= 0.6 is 10.7 Å². The maximum Gasteiger partial charge on any atom is 0.264 e. The first-order valence-electron chi connectivity index (χ1n) is 5.29. The van der Waals surface area contributed by atoms with Crippen molar-refractivity contribution < 1.29 is 22.3 Å². The summed E-state index contributed by atoms with van der Waals surface area (Å²) < 4.78 is 40.4. The largest absolute Gasteiger partial charge is 0.383 e. The molecule has 0 heterocycles. The highest BCUT2D eigenvalue weighted by Gasteiger charge is 2.19. The molecule has 0 fully saturated rings.